The first-order valence-electron chi connectivity index (χ1n) is 6.27. The molecule has 1 aromatic heterocycles. The fraction of sp³-hybridized carbons (Fsp3) is 0.462. The van der Waals surface area contributed by atoms with Crippen molar-refractivity contribution >= 4 is 11.6 Å². The summed E-state index contributed by atoms with van der Waals surface area (Å²) >= 11 is 0. The van der Waals surface area contributed by atoms with E-state index in [-0.39, 0.29) is 17.4 Å². The highest BCUT2D eigenvalue weighted by atomic mass is 19.1. The molecule has 1 atom stereocenters. The first kappa shape index (κ1) is 13.5. The molecule has 2 rings (SSSR count). The fourth-order valence-electron chi connectivity index (χ4n) is 2.32. The van der Waals surface area contributed by atoms with Crippen molar-refractivity contribution in [2.75, 3.05) is 13.1 Å². The fourth-order valence-corrected chi connectivity index (χ4v) is 2.32. The molecule has 5 nitrogen and oxygen atoms in total. The lowest BCUT2D eigenvalue weighted by Crippen LogP contribution is -2.44. The van der Waals surface area contributed by atoms with Gasteiger partial charge in [-0.1, -0.05) is 12.1 Å². The van der Waals surface area contributed by atoms with Gasteiger partial charge in [-0.15, -0.1) is 0 Å². The number of aromatic nitrogens is 1. The van der Waals surface area contributed by atoms with Crippen LogP contribution in [0, 0.1) is 11.7 Å². The Labute approximate surface area is 110 Å². The van der Waals surface area contributed by atoms with Crippen molar-refractivity contribution in [3.05, 3.63) is 29.8 Å². The van der Waals surface area contributed by atoms with Gasteiger partial charge in [0.2, 0.25) is 0 Å². The minimum atomic E-state index is -0.609. The molecular formula is C13H16FN3O2. The second-order valence-corrected chi connectivity index (χ2v) is 4.55. The number of carbonyl (C=O) groups is 1. The maximum atomic E-state index is 13.5. The predicted molar refractivity (Wildman–Crippen MR) is 67.7 cm³/mol. The molecule has 1 fully saturated rings. The maximum absolute atomic E-state index is 13.5. The van der Waals surface area contributed by atoms with E-state index in [9.17, 15) is 9.18 Å². The largest absolute Gasteiger partial charge is 0.411 e. The van der Waals surface area contributed by atoms with E-state index in [1.165, 1.54) is 12.3 Å². The molecule has 0 bridgehead atoms. The van der Waals surface area contributed by atoms with Crippen molar-refractivity contribution in [3.63, 3.8) is 0 Å². The highest BCUT2D eigenvalue weighted by Gasteiger charge is 2.29. The van der Waals surface area contributed by atoms with Crippen LogP contribution in [0.15, 0.2) is 23.6 Å². The average Bonchev–Trinajstić information content (AvgIpc) is 2.46. The van der Waals surface area contributed by atoms with Crippen LogP contribution in [0.3, 0.4) is 0 Å². The maximum Gasteiger partial charge on any atom is 0.256 e. The third-order valence-electron chi connectivity index (χ3n) is 3.46. The first-order valence-corrected chi connectivity index (χ1v) is 6.27. The molecule has 1 aromatic rings. The minimum Gasteiger partial charge on any atom is -0.411 e. The third kappa shape index (κ3) is 2.72. The predicted octanol–water partition coefficient (Wildman–Crippen LogP) is 1.92. The number of pyridine rings is 1. The number of piperidine rings is 1. The van der Waals surface area contributed by atoms with Gasteiger partial charge in [0.15, 0.2) is 5.82 Å². The van der Waals surface area contributed by atoms with Crippen LogP contribution in [0.5, 0.6) is 0 Å². The van der Waals surface area contributed by atoms with Gasteiger partial charge in [0.1, 0.15) is 0 Å². The van der Waals surface area contributed by atoms with Gasteiger partial charge in [-0.2, -0.15) is 0 Å². The molecule has 1 aliphatic heterocycles. The highest BCUT2D eigenvalue weighted by molar-refractivity contribution is 5.96. The van der Waals surface area contributed by atoms with Crippen LogP contribution in [0.2, 0.25) is 0 Å². The molecule has 0 spiro atoms. The second-order valence-electron chi connectivity index (χ2n) is 4.55. The summed E-state index contributed by atoms with van der Waals surface area (Å²) < 4.78 is 13.5. The van der Waals surface area contributed by atoms with Crippen molar-refractivity contribution < 1.29 is 14.4 Å². The van der Waals surface area contributed by atoms with Gasteiger partial charge in [0.05, 0.1) is 17.5 Å². The number of nitrogens with zero attached hydrogens (tertiary/aromatic N) is 3. The zero-order valence-corrected chi connectivity index (χ0v) is 10.7. The Kier molecular flexibility index (Phi) is 4.09. The zero-order chi connectivity index (χ0) is 13.8. The number of amides is 1. The number of likely N-dealkylation sites (tertiary alicyclic amines) is 1. The van der Waals surface area contributed by atoms with E-state index >= 15 is 0 Å². The first-order chi connectivity index (χ1) is 9.17. The Balaban J connectivity index is 2.16. The second kappa shape index (κ2) is 5.77. The van der Waals surface area contributed by atoms with Gasteiger partial charge >= 0.3 is 0 Å². The quantitative estimate of drug-likeness (QED) is 0.656. The van der Waals surface area contributed by atoms with Crippen LogP contribution in [0.25, 0.3) is 0 Å². The van der Waals surface area contributed by atoms with Crippen LogP contribution in [0.4, 0.5) is 4.39 Å². The summed E-state index contributed by atoms with van der Waals surface area (Å²) in [5.74, 6) is -0.912. The molecule has 102 valence electrons. The van der Waals surface area contributed by atoms with Crippen molar-refractivity contribution in [2.24, 2.45) is 11.1 Å². The molecule has 6 heteroatoms. The molecule has 1 unspecified atom stereocenters. The molecule has 1 amide bonds. The lowest BCUT2D eigenvalue weighted by atomic mass is 9.93. The summed E-state index contributed by atoms with van der Waals surface area (Å²) in [6.07, 6.45) is 3.74. The molecule has 1 N–H and O–H groups in total. The Bertz CT molecular complexity index is 504. The summed E-state index contributed by atoms with van der Waals surface area (Å²) in [7, 11) is 0. The summed E-state index contributed by atoms with van der Waals surface area (Å²) in [6.45, 7) is 2.86. The number of halogens is 1. The van der Waals surface area contributed by atoms with Crippen molar-refractivity contribution in [2.45, 2.75) is 19.8 Å². The van der Waals surface area contributed by atoms with E-state index in [2.05, 4.69) is 10.1 Å². The van der Waals surface area contributed by atoms with Crippen molar-refractivity contribution in [1.82, 2.24) is 9.88 Å². The van der Waals surface area contributed by atoms with Crippen LogP contribution in [-0.2, 0) is 0 Å². The van der Waals surface area contributed by atoms with Gasteiger partial charge in [-0.3, -0.25) is 9.78 Å². The summed E-state index contributed by atoms with van der Waals surface area (Å²) in [4.78, 5) is 17.5. The molecule has 0 radical (unpaired) electrons. The van der Waals surface area contributed by atoms with E-state index in [4.69, 9.17) is 5.21 Å². The normalized spacial score (nSPS) is 21.7. The van der Waals surface area contributed by atoms with E-state index in [1.807, 2.05) is 6.92 Å². The standard InChI is InChI=1S/C13H16FN3O2/c1-2-9-8-17(6-4-12(9)16-19)13(18)10-3-5-15-7-11(10)14/h3,5,7,9,19H,2,4,6,8H2,1H3/b16-12+. The Morgan fingerprint density at radius 2 is 2.47 bits per heavy atom. The van der Waals surface area contributed by atoms with Crippen LogP contribution < -0.4 is 0 Å². The van der Waals surface area contributed by atoms with Gasteiger partial charge in [-0.05, 0) is 12.5 Å². The smallest absolute Gasteiger partial charge is 0.256 e. The van der Waals surface area contributed by atoms with Gasteiger partial charge in [0, 0.05) is 31.6 Å². The molecule has 0 aromatic carbocycles. The molecule has 0 saturated carbocycles. The molecule has 2 heterocycles. The van der Waals surface area contributed by atoms with Crippen LogP contribution in [-0.4, -0.2) is 39.8 Å². The minimum absolute atomic E-state index is 0.0348. The summed E-state index contributed by atoms with van der Waals surface area (Å²) in [6, 6.07) is 1.38. The van der Waals surface area contributed by atoms with Gasteiger partial charge < -0.3 is 10.1 Å². The third-order valence-corrected chi connectivity index (χ3v) is 3.46. The molecule has 1 saturated heterocycles. The number of carbonyl (C=O) groups excluding carboxylic acids is 1. The van der Waals surface area contributed by atoms with Crippen LogP contribution in [0.1, 0.15) is 30.1 Å². The highest BCUT2D eigenvalue weighted by Crippen LogP contribution is 2.20. The Morgan fingerprint density at radius 3 is 3.11 bits per heavy atom. The summed E-state index contributed by atoms with van der Waals surface area (Å²) in [5.41, 5.74) is 0.746. The SMILES string of the molecule is CCC1CN(C(=O)c2ccncc2F)CC/C1=N\O. The number of hydrogen-bond donors (Lipinski definition) is 1. The molecule has 1 aliphatic rings. The van der Waals surface area contributed by atoms with Crippen molar-refractivity contribution in [1.29, 1.82) is 0 Å². The lowest BCUT2D eigenvalue weighted by molar-refractivity contribution is 0.0724. The Morgan fingerprint density at radius 1 is 1.68 bits per heavy atom. The van der Waals surface area contributed by atoms with Crippen LogP contribution >= 0.6 is 0 Å². The van der Waals surface area contributed by atoms with Crippen molar-refractivity contribution in [3.8, 4) is 0 Å². The molecule has 19 heavy (non-hydrogen) atoms. The monoisotopic (exact) mass is 265 g/mol. The lowest BCUT2D eigenvalue weighted by Gasteiger charge is -2.32. The van der Waals surface area contributed by atoms with E-state index < -0.39 is 5.82 Å². The number of oxime groups is 1. The van der Waals surface area contributed by atoms with Gasteiger partial charge in [-0.25, -0.2) is 4.39 Å². The van der Waals surface area contributed by atoms with E-state index in [1.54, 1.807) is 4.90 Å². The number of hydrogen-bond acceptors (Lipinski definition) is 4. The molecular weight excluding hydrogens is 249 g/mol. The van der Waals surface area contributed by atoms with E-state index in [0.717, 1.165) is 12.6 Å². The topological polar surface area (TPSA) is 65.8 Å². The van der Waals surface area contributed by atoms with E-state index in [0.29, 0.717) is 25.2 Å². The number of rotatable bonds is 2. The zero-order valence-electron chi connectivity index (χ0n) is 10.7. The summed E-state index contributed by atoms with van der Waals surface area (Å²) in [5, 5.41) is 12.2. The Hall–Kier alpha value is -1.98. The molecule has 0 aliphatic carbocycles. The average molecular weight is 265 g/mol. The van der Waals surface area contributed by atoms with Gasteiger partial charge in [0.25, 0.3) is 5.91 Å².